The normalized spacial score (nSPS) is 10.7. The lowest BCUT2D eigenvalue weighted by molar-refractivity contribution is 0.0647. The summed E-state index contributed by atoms with van der Waals surface area (Å²) in [5.41, 5.74) is -0.543. The van der Waals surface area contributed by atoms with Crippen molar-refractivity contribution in [3.63, 3.8) is 0 Å². The molecule has 0 saturated carbocycles. The van der Waals surface area contributed by atoms with Gasteiger partial charge < -0.3 is 14.8 Å². The molecule has 2 N–H and O–H groups in total. The summed E-state index contributed by atoms with van der Waals surface area (Å²) in [7, 11) is 1.65. The average Bonchev–Trinajstić information content (AvgIpc) is 2.52. The van der Waals surface area contributed by atoms with E-state index in [1.807, 2.05) is 0 Å². The number of halogens is 1. The number of carboxylic acids is 2. The van der Waals surface area contributed by atoms with Crippen LogP contribution < -0.4 is 0 Å². The Hall–Kier alpha value is -2.08. The monoisotopic (exact) mass is 254 g/mol. The van der Waals surface area contributed by atoms with Crippen molar-refractivity contribution in [1.82, 2.24) is 9.55 Å². The van der Waals surface area contributed by atoms with Gasteiger partial charge in [0.1, 0.15) is 5.65 Å². The van der Waals surface area contributed by atoms with Crippen LogP contribution >= 0.6 is 11.6 Å². The Balaban J connectivity index is 2.88. The first-order chi connectivity index (χ1) is 7.91. The molecule has 0 aliphatic rings. The van der Waals surface area contributed by atoms with Crippen molar-refractivity contribution in [2.75, 3.05) is 0 Å². The van der Waals surface area contributed by atoms with Crippen LogP contribution in [0.3, 0.4) is 0 Å². The number of carboxylic acid groups (broad SMARTS) is 2. The number of nitrogens with zero attached hydrogens (tertiary/aromatic N) is 2. The zero-order valence-electron chi connectivity index (χ0n) is 8.64. The van der Waals surface area contributed by atoms with Gasteiger partial charge in [-0.15, -0.1) is 0 Å². The van der Waals surface area contributed by atoms with E-state index in [1.165, 1.54) is 16.8 Å². The van der Waals surface area contributed by atoms with E-state index in [4.69, 9.17) is 21.8 Å². The molecule has 0 radical (unpaired) electrons. The highest BCUT2D eigenvalue weighted by Gasteiger charge is 2.21. The molecule has 0 spiro atoms. The van der Waals surface area contributed by atoms with Crippen molar-refractivity contribution in [3.8, 4) is 0 Å². The summed E-state index contributed by atoms with van der Waals surface area (Å²) in [6.45, 7) is 0. The van der Waals surface area contributed by atoms with E-state index in [0.29, 0.717) is 16.1 Å². The largest absolute Gasteiger partial charge is 0.478 e. The predicted octanol–water partition coefficient (Wildman–Crippen LogP) is 1.62. The SMILES string of the molecule is Cn1cc(Cl)c2cc(C(=O)O)c(C(=O)O)nc21. The van der Waals surface area contributed by atoms with E-state index in [1.54, 1.807) is 7.05 Å². The van der Waals surface area contributed by atoms with E-state index < -0.39 is 17.6 Å². The third kappa shape index (κ3) is 1.72. The lowest BCUT2D eigenvalue weighted by Gasteiger charge is -2.02. The lowest BCUT2D eigenvalue weighted by atomic mass is 10.1. The number of aromatic nitrogens is 2. The Morgan fingerprint density at radius 1 is 1.35 bits per heavy atom. The maximum atomic E-state index is 10.9. The summed E-state index contributed by atoms with van der Waals surface area (Å²) in [6.07, 6.45) is 1.54. The lowest BCUT2D eigenvalue weighted by Crippen LogP contribution is -2.11. The molecule has 2 aromatic heterocycles. The summed E-state index contributed by atoms with van der Waals surface area (Å²) in [4.78, 5) is 25.7. The summed E-state index contributed by atoms with van der Waals surface area (Å²) in [5.74, 6) is -2.74. The molecule has 2 rings (SSSR count). The molecule has 0 atom stereocenters. The van der Waals surface area contributed by atoms with Crippen LogP contribution in [0, 0.1) is 0 Å². The Kier molecular flexibility index (Phi) is 2.51. The molecule has 17 heavy (non-hydrogen) atoms. The van der Waals surface area contributed by atoms with Crippen molar-refractivity contribution in [3.05, 3.63) is 28.5 Å². The van der Waals surface area contributed by atoms with Crippen molar-refractivity contribution in [2.24, 2.45) is 7.05 Å². The molecule has 2 heterocycles. The first-order valence-corrected chi connectivity index (χ1v) is 4.91. The predicted molar refractivity (Wildman–Crippen MR) is 59.6 cm³/mol. The maximum absolute atomic E-state index is 10.9. The van der Waals surface area contributed by atoms with Gasteiger partial charge in [0, 0.05) is 18.6 Å². The molecule has 6 nitrogen and oxygen atoms in total. The first kappa shape index (κ1) is 11.4. The molecule has 0 saturated heterocycles. The first-order valence-electron chi connectivity index (χ1n) is 4.54. The number of aromatic carboxylic acids is 2. The van der Waals surface area contributed by atoms with Crippen LogP contribution in [-0.4, -0.2) is 31.7 Å². The van der Waals surface area contributed by atoms with Crippen LogP contribution in [0.1, 0.15) is 20.8 Å². The van der Waals surface area contributed by atoms with Gasteiger partial charge in [0.05, 0.1) is 10.6 Å². The second kappa shape index (κ2) is 3.74. The topological polar surface area (TPSA) is 92.4 Å². The van der Waals surface area contributed by atoms with Crippen molar-refractivity contribution in [1.29, 1.82) is 0 Å². The summed E-state index contributed by atoms with van der Waals surface area (Å²) < 4.78 is 1.54. The van der Waals surface area contributed by atoms with E-state index in [9.17, 15) is 9.59 Å². The van der Waals surface area contributed by atoms with Gasteiger partial charge in [0.15, 0.2) is 5.69 Å². The molecule has 7 heteroatoms. The highest BCUT2D eigenvalue weighted by molar-refractivity contribution is 6.35. The fourth-order valence-electron chi connectivity index (χ4n) is 1.57. The molecular weight excluding hydrogens is 248 g/mol. The van der Waals surface area contributed by atoms with E-state index in [0.717, 1.165) is 0 Å². The average molecular weight is 255 g/mol. The molecule has 0 bridgehead atoms. The second-order valence-electron chi connectivity index (χ2n) is 3.45. The van der Waals surface area contributed by atoms with Gasteiger partial charge in [-0.25, -0.2) is 14.6 Å². The van der Waals surface area contributed by atoms with Gasteiger partial charge in [0.25, 0.3) is 0 Å². The Labute approximate surface area is 100 Å². The minimum absolute atomic E-state index is 0.328. The number of fused-ring (bicyclic) bond motifs is 1. The van der Waals surface area contributed by atoms with Gasteiger partial charge in [-0.3, -0.25) is 0 Å². The zero-order valence-corrected chi connectivity index (χ0v) is 9.39. The minimum Gasteiger partial charge on any atom is -0.478 e. The van der Waals surface area contributed by atoms with Gasteiger partial charge >= 0.3 is 11.9 Å². The van der Waals surface area contributed by atoms with E-state index >= 15 is 0 Å². The van der Waals surface area contributed by atoms with Gasteiger partial charge in [-0.2, -0.15) is 0 Å². The van der Waals surface area contributed by atoms with Crippen molar-refractivity contribution >= 4 is 34.6 Å². The second-order valence-corrected chi connectivity index (χ2v) is 3.86. The molecule has 0 amide bonds. The molecule has 0 aromatic carbocycles. The number of aryl methyl sites for hydroxylation is 1. The number of rotatable bonds is 2. The fourth-order valence-corrected chi connectivity index (χ4v) is 1.86. The van der Waals surface area contributed by atoms with Crippen LogP contribution in [0.5, 0.6) is 0 Å². The summed E-state index contributed by atoms with van der Waals surface area (Å²) in [5, 5.41) is 18.6. The standard InChI is InChI=1S/C10H7ClN2O4/c1-13-3-6(11)4-2-5(9(14)15)7(10(16)17)12-8(4)13/h2-3H,1H3,(H,14,15)(H,16,17). The number of pyridine rings is 1. The third-order valence-corrected chi connectivity index (χ3v) is 2.63. The van der Waals surface area contributed by atoms with Crippen LogP contribution in [-0.2, 0) is 7.05 Å². The van der Waals surface area contributed by atoms with Crippen LogP contribution in [0.2, 0.25) is 5.02 Å². The number of hydrogen-bond donors (Lipinski definition) is 2. The van der Waals surface area contributed by atoms with Gasteiger partial charge in [-0.1, -0.05) is 11.6 Å². The smallest absolute Gasteiger partial charge is 0.355 e. The van der Waals surface area contributed by atoms with E-state index in [-0.39, 0.29) is 5.56 Å². The van der Waals surface area contributed by atoms with Gasteiger partial charge in [0.2, 0.25) is 0 Å². The Morgan fingerprint density at radius 2 is 2.00 bits per heavy atom. The van der Waals surface area contributed by atoms with Crippen molar-refractivity contribution in [2.45, 2.75) is 0 Å². The molecule has 2 aromatic rings. The molecule has 0 aliphatic carbocycles. The third-order valence-electron chi connectivity index (χ3n) is 2.33. The summed E-state index contributed by atoms with van der Waals surface area (Å²) in [6, 6.07) is 1.22. The van der Waals surface area contributed by atoms with Gasteiger partial charge in [-0.05, 0) is 6.07 Å². The zero-order chi connectivity index (χ0) is 12.7. The highest BCUT2D eigenvalue weighted by atomic mass is 35.5. The molecule has 0 unspecified atom stereocenters. The van der Waals surface area contributed by atoms with Crippen LogP contribution in [0.25, 0.3) is 11.0 Å². The Morgan fingerprint density at radius 3 is 2.53 bits per heavy atom. The quantitative estimate of drug-likeness (QED) is 0.850. The molecule has 0 fully saturated rings. The molecule has 0 aliphatic heterocycles. The summed E-state index contributed by atoms with van der Waals surface area (Å²) >= 11 is 5.89. The number of carbonyl (C=O) groups is 2. The highest BCUT2D eigenvalue weighted by Crippen LogP contribution is 2.26. The van der Waals surface area contributed by atoms with Crippen molar-refractivity contribution < 1.29 is 19.8 Å². The van der Waals surface area contributed by atoms with E-state index in [2.05, 4.69) is 4.98 Å². The van der Waals surface area contributed by atoms with Crippen LogP contribution in [0.4, 0.5) is 0 Å². The Bertz CT molecular complexity index is 593. The minimum atomic E-state index is -1.39. The van der Waals surface area contributed by atoms with Crippen LogP contribution in [0.15, 0.2) is 12.3 Å². The fraction of sp³-hybridized carbons (Fsp3) is 0.100. The number of hydrogen-bond acceptors (Lipinski definition) is 3. The maximum Gasteiger partial charge on any atom is 0.355 e. The molecule has 88 valence electrons. The molecular formula is C10H7ClN2O4.